The third-order valence-electron chi connectivity index (χ3n) is 2.25. The molecule has 0 N–H and O–H groups in total. The molecule has 0 radical (unpaired) electrons. The van der Waals surface area contributed by atoms with Crippen LogP contribution in [0.25, 0.3) is 0 Å². The highest BCUT2D eigenvalue weighted by atomic mass is 16.5. The van der Waals surface area contributed by atoms with Crippen LogP contribution >= 0.6 is 0 Å². The highest BCUT2D eigenvalue weighted by molar-refractivity contribution is 5.42. The van der Waals surface area contributed by atoms with Crippen molar-refractivity contribution in [1.82, 2.24) is 0 Å². The van der Waals surface area contributed by atoms with Crippen molar-refractivity contribution in [2.75, 3.05) is 0 Å². The quantitative estimate of drug-likeness (QED) is 0.716. The molecule has 1 aromatic rings. The minimum absolute atomic E-state index is 0.394. The fraction of sp³-hybridized carbons (Fsp3) is 0.417. The molecule has 2 heteroatoms. The van der Waals surface area contributed by atoms with Gasteiger partial charge in [0.1, 0.15) is 11.8 Å². The summed E-state index contributed by atoms with van der Waals surface area (Å²) in [7, 11) is 0. The zero-order valence-electron chi connectivity index (χ0n) is 9.09. The van der Waals surface area contributed by atoms with Gasteiger partial charge >= 0.3 is 0 Å². The Hall–Kier alpha value is -1.49. The van der Waals surface area contributed by atoms with Gasteiger partial charge in [0.15, 0.2) is 6.10 Å². The summed E-state index contributed by atoms with van der Waals surface area (Å²) >= 11 is 0. The first-order chi connectivity index (χ1) is 6.54. The van der Waals surface area contributed by atoms with Crippen molar-refractivity contribution < 1.29 is 4.74 Å². The molecule has 0 heterocycles. The fourth-order valence-corrected chi connectivity index (χ4v) is 1.34. The van der Waals surface area contributed by atoms with Crippen LogP contribution in [0.1, 0.15) is 23.6 Å². The minimum Gasteiger partial charge on any atom is -0.476 e. The number of nitrogens with zero attached hydrogens (tertiary/aromatic N) is 1. The van der Waals surface area contributed by atoms with E-state index in [9.17, 15) is 0 Å². The second-order valence-corrected chi connectivity index (χ2v) is 3.59. The number of benzene rings is 1. The molecular weight excluding hydrogens is 174 g/mol. The fourth-order valence-electron chi connectivity index (χ4n) is 1.34. The summed E-state index contributed by atoms with van der Waals surface area (Å²) < 4.78 is 5.49. The van der Waals surface area contributed by atoms with Gasteiger partial charge in [-0.3, -0.25) is 0 Å². The molecule has 1 unspecified atom stereocenters. The SMILES string of the molecule is Cc1cc(C)c(C)c(OC(C)C#N)c1. The Balaban J connectivity index is 3.03. The second kappa shape index (κ2) is 4.15. The van der Waals surface area contributed by atoms with E-state index in [0.717, 1.165) is 16.9 Å². The molecule has 1 atom stereocenters. The lowest BCUT2D eigenvalue weighted by Crippen LogP contribution is -2.09. The number of rotatable bonds is 2. The van der Waals surface area contributed by atoms with Gasteiger partial charge < -0.3 is 4.74 Å². The molecular formula is C12H15NO. The van der Waals surface area contributed by atoms with E-state index in [1.165, 1.54) is 5.56 Å². The average molecular weight is 189 g/mol. The summed E-state index contributed by atoms with van der Waals surface area (Å²) in [6.07, 6.45) is -0.394. The third-order valence-corrected chi connectivity index (χ3v) is 2.25. The first-order valence-electron chi connectivity index (χ1n) is 4.68. The monoisotopic (exact) mass is 189 g/mol. The normalized spacial score (nSPS) is 11.9. The number of hydrogen-bond donors (Lipinski definition) is 0. The Bertz CT molecular complexity index is 377. The van der Waals surface area contributed by atoms with Crippen LogP contribution in [-0.4, -0.2) is 6.10 Å². The molecule has 0 spiro atoms. The highest BCUT2D eigenvalue weighted by Gasteiger charge is 2.07. The van der Waals surface area contributed by atoms with E-state index in [0.29, 0.717) is 0 Å². The first kappa shape index (κ1) is 10.6. The van der Waals surface area contributed by atoms with Crippen LogP contribution in [0.5, 0.6) is 5.75 Å². The van der Waals surface area contributed by atoms with Crippen molar-refractivity contribution in [3.63, 3.8) is 0 Å². The lowest BCUT2D eigenvalue weighted by Gasteiger charge is -2.13. The van der Waals surface area contributed by atoms with Gasteiger partial charge in [0.2, 0.25) is 0 Å². The standard InChI is InChI=1S/C12H15NO/c1-8-5-9(2)11(4)12(6-8)14-10(3)7-13/h5-6,10H,1-4H3. The molecule has 0 bridgehead atoms. The molecule has 0 aliphatic heterocycles. The van der Waals surface area contributed by atoms with Crippen molar-refractivity contribution in [1.29, 1.82) is 5.26 Å². The Morgan fingerprint density at radius 1 is 1.29 bits per heavy atom. The molecule has 0 saturated carbocycles. The van der Waals surface area contributed by atoms with Gasteiger partial charge in [-0.15, -0.1) is 0 Å². The topological polar surface area (TPSA) is 33.0 Å². The second-order valence-electron chi connectivity index (χ2n) is 3.59. The van der Waals surface area contributed by atoms with E-state index in [-0.39, 0.29) is 0 Å². The average Bonchev–Trinajstić information content (AvgIpc) is 2.13. The largest absolute Gasteiger partial charge is 0.476 e. The van der Waals surface area contributed by atoms with Crippen molar-refractivity contribution in [3.05, 3.63) is 28.8 Å². The molecule has 1 aromatic carbocycles. The molecule has 1 rings (SSSR count). The van der Waals surface area contributed by atoms with Gasteiger partial charge in [0.05, 0.1) is 0 Å². The molecule has 0 aliphatic carbocycles. The van der Waals surface area contributed by atoms with Gasteiger partial charge in [-0.2, -0.15) is 5.26 Å². The predicted molar refractivity (Wildman–Crippen MR) is 56.4 cm³/mol. The zero-order chi connectivity index (χ0) is 10.7. The molecule has 0 saturated heterocycles. The molecule has 0 aliphatic rings. The number of aryl methyl sites for hydroxylation is 2. The Labute approximate surface area is 85.1 Å². The van der Waals surface area contributed by atoms with Crippen molar-refractivity contribution in [2.45, 2.75) is 33.8 Å². The Morgan fingerprint density at radius 2 is 1.93 bits per heavy atom. The van der Waals surface area contributed by atoms with Crippen LogP contribution in [0.3, 0.4) is 0 Å². The summed E-state index contributed by atoms with van der Waals surface area (Å²) in [4.78, 5) is 0. The Morgan fingerprint density at radius 3 is 2.50 bits per heavy atom. The van der Waals surface area contributed by atoms with Crippen LogP contribution < -0.4 is 4.74 Å². The van der Waals surface area contributed by atoms with E-state index in [1.807, 2.05) is 26.8 Å². The van der Waals surface area contributed by atoms with Crippen LogP contribution in [0.4, 0.5) is 0 Å². The van der Waals surface area contributed by atoms with Gasteiger partial charge in [-0.25, -0.2) is 0 Å². The molecule has 14 heavy (non-hydrogen) atoms. The van der Waals surface area contributed by atoms with E-state index in [4.69, 9.17) is 10.00 Å². The molecule has 0 amide bonds. The first-order valence-corrected chi connectivity index (χ1v) is 4.68. The highest BCUT2D eigenvalue weighted by Crippen LogP contribution is 2.24. The lowest BCUT2D eigenvalue weighted by molar-refractivity contribution is 0.274. The van der Waals surface area contributed by atoms with Gasteiger partial charge in [-0.1, -0.05) is 6.07 Å². The van der Waals surface area contributed by atoms with E-state index < -0.39 is 6.10 Å². The smallest absolute Gasteiger partial charge is 0.181 e. The number of hydrogen-bond acceptors (Lipinski definition) is 2. The van der Waals surface area contributed by atoms with Gasteiger partial charge in [0.25, 0.3) is 0 Å². The molecule has 2 nitrogen and oxygen atoms in total. The number of ether oxygens (including phenoxy) is 1. The Kier molecular flexibility index (Phi) is 3.14. The molecule has 74 valence electrons. The van der Waals surface area contributed by atoms with E-state index in [2.05, 4.69) is 12.1 Å². The zero-order valence-corrected chi connectivity index (χ0v) is 9.09. The summed E-state index contributed by atoms with van der Waals surface area (Å²) in [5.41, 5.74) is 3.47. The minimum atomic E-state index is -0.394. The van der Waals surface area contributed by atoms with Crippen molar-refractivity contribution in [3.8, 4) is 11.8 Å². The van der Waals surface area contributed by atoms with Gasteiger partial charge in [0, 0.05) is 0 Å². The maximum absolute atomic E-state index is 8.65. The summed E-state index contributed by atoms with van der Waals surface area (Å²) in [5.74, 6) is 0.816. The molecule has 0 aromatic heterocycles. The van der Waals surface area contributed by atoms with Crippen molar-refractivity contribution >= 4 is 0 Å². The van der Waals surface area contributed by atoms with E-state index >= 15 is 0 Å². The summed E-state index contributed by atoms with van der Waals surface area (Å²) in [6.45, 7) is 7.83. The summed E-state index contributed by atoms with van der Waals surface area (Å²) in [5, 5.41) is 8.65. The van der Waals surface area contributed by atoms with Crippen LogP contribution in [0.15, 0.2) is 12.1 Å². The van der Waals surface area contributed by atoms with Crippen LogP contribution in [-0.2, 0) is 0 Å². The van der Waals surface area contributed by atoms with Gasteiger partial charge in [-0.05, 0) is 50.5 Å². The third kappa shape index (κ3) is 2.26. The maximum atomic E-state index is 8.65. The molecule has 0 fully saturated rings. The van der Waals surface area contributed by atoms with Crippen LogP contribution in [0.2, 0.25) is 0 Å². The summed E-state index contributed by atoms with van der Waals surface area (Å²) in [6, 6.07) is 6.14. The predicted octanol–water partition coefficient (Wildman–Crippen LogP) is 2.90. The van der Waals surface area contributed by atoms with Crippen LogP contribution in [0, 0.1) is 32.1 Å². The van der Waals surface area contributed by atoms with Crippen molar-refractivity contribution in [2.24, 2.45) is 0 Å². The lowest BCUT2D eigenvalue weighted by atomic mass is 10.1. The number of nitriles is 1. The van der Waals surface area contributed by atoms with E-state index in [1.54, 1.807) is 6.92 Å². The maximum Gasteiger partial charge on any atom is 0.181 e.